The molecule has 0 spiro atoms. The lowest BCUT2D eigenvalue weighted by Gasteiger charge is -2.09. The molecular formula is C26H20N4O3. The minimum atomic E-state index is -0.493. The summed E-state index contributed by atoms with van der Waals surface area (Å²) < 4.78 is 7.55. The highest BCUT2D eigenvalue weighted by Crippen LogP contribution is 2.37. The van der Waals surface area contributed by atoms with Crippen LogP contribution in [0.4, 0.5) is 5.69 Å². The molecule has 3 aromatic carbocycles. The van der Waals surface area contributed by atoms with Gasteiger partial charge in [0.1, 0.15) is 17.9 Å². The van der Waals surface area contributed by atoms with E-state index in [0.29, 0.717) is 17.9 Å². The molecule has 0 saturated heterocycles. The third kappa shape index (κ3) is 3.92. The van der Waals surface area contributed by atoms with Gasteiger partial charge >= 0.3 is 0 Å². The zero-order valence-corrected chi connectivity index (χ0v) is 17.8. The van der Waals surface area contributed by atoms with Gasteiger partial charge in [0.2, 0.25) is 5.88 Å². The van der Waals surface area contributed by atoms with Crippen LogP contribution in [0.1, 0.15) is 15.9 Å². The lowest BCUT2D eigenvalue weighted by molar-refractivity contribution is 0.0995. The predicted molar refractivity (Wildman–Crippen MR) is 126 cm³/mol. The number of hydrogen-bond acceptors (Lipinski definition) is 5. The lowest BCUT2D eigenvalue weighted by atomic mass is 10.1. The van der Waals surface area contributed by atoms with E-state index in [9.17, 15) is 9.90 Å². The molecular weight excluding hydrogens is 416 g/mol. The normalized spacial score (nSPS) is 11.4. The standard InChI is InChI=1S/C26H20N4O3/c1-30-21-9-3-2-8-20(21)24(26(30)32)28-29-25(31)19-13-11-17(12-14-19)16-33-22-10-4-6-18-7-5-15-27-23(18)22/h2-15,32H,16H2,1H3. The fourth-order valence-electron chi connectivity index (χ4n) is 3.71. The molecule has 0 aliphatic carbocycles. The van der Waals surface area contributed by atoms with E-state index in [1.54, 1.807) is 29.9 Å². The van der Waals surface area contributed by atoms with Crippen molar-refractivity contribution in [2.75, 3.05) is 0 Å². The first-order chi connectivity index (χ1) is 16.1. The number of para-hydroxylation sites is 2. The molecule has 0 radical (unpaired) electrons. The van der Waals surface area contributed by atoms with E-state index in [-0.39, 0.29) is 11.6 Å². The number of fused-ring (bicyclic) bond motifs is 2. The van der Waals surface area contributed by atoms with Gasteiger partial charge in [0, 0.05) is 29.6 Å². The molecule has 1 N–H and O–H groups in total. The molecule has 0 aliphatic rings. The van der Waals surface area contributed by atoms with E-state index in [0.717, 1.165) is 27.4 Å². The zero-order chi connectivity index (χ0) is 22.8. The van der Waals surface area contributed by atoms with Crippen LogP contribution in [0.5, 0.6) is 11.6 Å². The van der Waals surface area contributed by atoms with Crippen LogP contribution in [0.3, 0.4) is 0 Å². The summed E-state index contributed by atoms with van der Waals surface area (Å²) in [5, 5.41) is 19.9. The van der Waals surface area contributed by atoms with E-state index in [1.165, 1.54) is 0 Å². The van der Waals surface area contributed by atoms with Crippen molar-refractivity contribution < 1.29 is 14.6 Å². The SMILES string of the molecule is Cn1c(O)c(N=NC(=O)c2ccc(COc3cccc4cccnc34)cc2)c2ccccc21. The first kappa shape index (κ1) is 20.4. The molecule has 1 amide bonds. The number of amides is 1. The molecule has 0 bridgehead atoms. The average molecular weight is 436 g/mol. The monoisotopic (exact) mass is 436 g/mol. The molecule has 0 aliphatic heterocycles. The second-order valence-corrected chi connectivity index (χ2v) is 7.57. The first-order valence-electron chi connectivity index (χ1n) is 10.4. The van der Waals surface area contributed by atoms with E-state index < -0.39 is 5.91 Å². The third-order valence-electron chi connectivity index (χ3n) is 5.48. The van der Waals surface area contributed by atoms with Crippen LogP contribution in [0.2, 0.25) is 0 Å². The van der Waals surface area contributed by atoms with Gasteiger partial charge in [-0.05, 0) is 35.9 Å². The Morgan fingerprint density at radius 2 is 1.79 bits per heavy atom. The van der Waals surface area contributed by atoms with Gasteiger partial charge in [-0.1, -0.05) is 48.5 Å². The van der Waals surface area contributed by atoms with Gasteiger partial charge in [-0.3, -0.25) is 9.78 Å². The van der Waals surface area contributed by atoms with Gasteiger partial charge in [0.15, 0.2) is 5.69 Å². The molecule has 162 valence electrons. The molecule has 7 heteroatoms. The van der Waals surface area contributed by atoms with Crippen molar-refractivity contribution >= 4 is 33.4 Å². The van der Waals surface area contributed by atoms with Crippen LogP contribution in [0, 0.1) is 0 Å². The van der Waals surface area contributed by atoms with Gasteiger partial charge in [-0.15, -0.1) is 10.2 Å². The summed E-state index contributed by atoms with van der Waals surface area (Å²) in [7, 11) is 1.73. The van der Waals surface area contributed by atoms with Gasteiger partial charge in [0.05, 0.1) is 5.52 Å². The zero-order valence-electron chi connectivity index (χ0n) is 17.8. The highest BCUT2D eigenvalue weighted by molar-refractivity contribution is 5.97. The topological polar surface area (TPSA) is 89.1 Å². The van der Waals surface area contributed by atoms with Crippen LogP contribution in [0.15, 0.2) is 95.3 Å². The third-order valence-corrected chi connectivity index (χ3v) is 5.48. The van der Waals surface area contributed by atoms with Crippen molar-refractivity contribution in [2.24, 2.45) is 17.3 Å². The van der Waals surface area contributed by atoms with Gasteiger partial charge in [-0.2, -0.15) is 0 Å². The number of ether oxygens (including phenoxy) is 1. The second-order valence-electron chi connectivity index (χ2n) is 7.57. The van der Waals surface area contributed by atoms with Crippen LogP contribution >= 0.6 is 0 Å². The van der Waals surface area contributed by atoms with Crippen LogP contribution in [0.25, 0.3) is 21.8 Å². The summed E-state index contributed by atoms with van der Waals surface area (Å²) in [5.41, 5.74) is 3.19. The maximum absolute atomic E-state index is 12.5. The number of aromatic nitrogens is 2. The molecule has 5 aromatic rings. The molecule has 2 aromatic heterocycles. The fraction of sp³-hybridized carbons (Fsp3) is 0.0769. The minimum absolute atomic E-state index is 0.0387. The van der Waals surface area contributed by atoms with Crippen molar-refractivity contribution in [2.45, 2.75) is 6.61 Å². The highest BCUT2D eigenvalue weighted by Gasteiger charge is 2.14. The molecule has 0 atom stereocenters. The van der Waals surface area contributed by atoms with Crippen molar-refractivity contribution in [1.82, 2.24) is 9.55 Å². The van der Waals surface area contributed by atoms with E-state index in [4.69, 9.17) is 4.74 Å². The maximum Gasteiger partial charge on any atom is 0.295 e. The minimum Gasteiger partial charge on any atom is -0.493 e. The van der Waals surface area contributed by atoms with Crippen molar-refractivity contribution in [3.63, 3.8) is 0 Å². The highest BCUT2D eigenvalue weighted by atomic mass is 16.5. The fourth-order valence-corrected chi connectivity index (χ4v) is 3.71. The Morgan fingerprint density at radius 1 is 1.00 bits per heavy atom. The number of aryl methyl sites for hydroxylation is 1. The molecule has 7 nitrogen and oxygen atoms in total. The van der Waals surface area contributed by atoms with Gasteiger partial charge in [-0.25, -0.2) is 0 Å². The quantitative estimate of drug-likeness (QED) is 0.346. The number of pyridine rings is 1. The largest absolute Gasteiger partial charge is 0.493 e. The summed E-state index contributed by atoms with van der Waals surface area (Å²) in [5.74, 6) is 0.174. The van der Waals surface area contributed by atoms with Crippen molar-refractivity contribution in [1.29, 1.82) is 0 Å². The summed E-state index contributed by atoms with van der Waals surface area (Å²) in [6.07, 6.45) is 1.74. The second kappa shape index (κ2) is 8.55. The number of aromatic hydroxyl groups is 1. The Hall–Kier alpha value is -4.52. The maximum atomic E-state index is 12.5. The summed E-state index contributed by atoms with van der Waals surface area (Å²) in [4.78, 5) is 16.9. The lowest BCUT2D eigenvalue weighted by Crippen LogP contribution is -1.98. The van der Waals surface area contributed by atoms with E-state index >= 15 is 0 Å². The predicted octanol–water partition coefficient (Wildman–Crippen LogP) is 5.94. The van der Waals surface area contributed by atoms with Gasteiger partial charge < -0.3 is 14.4 Å². The van der Waals surface area contributed by atoms with E-state index in [2.05, 4.69) is 15.2 Å². The summed E-state index contributed by atoms with van der Waals surface area (Å²) in [6, 6.07) is 24.1. The molecule has 0 unspecified atom stereocenters. The van der Waals surface area contributed by atoms with Crippen molar-refractivity contribution in [3.8, 4) is 11.6 Å². The molecule has 2 heterocycles. The van der Waals surface area contributed by atoms with Crippen molar-refractivity contribution in [3.05, 3.63) is 96.2 Å². The molecule has 33 heavy (non-hydrogen) atoms. The number of hydrogen-bond donors (Lipinski definition) is 1. The number of benzene rings is 3. The smallest absolute Gasteiger partial charge is 0.295 e. The Labute approximate surface area is 189 Å². The number of carbonyl (C=O) groups excluding carboxylic acids is 1. The van der Waals surface area contributed by atoms with Crippen LogP contribution in [-0.2, 0) is 13.7 Å². The average Bonchev–Trinajstić information content (AvgIpc) is 3.11. The van der Waals surface area contributed by atoms with E-state index in [1.807, 2.05) is 66.7 Å². The molecule has 0 saturated carbocycles. The van der Waals surface area contributed by atoms with Gasteiger partial charge in [0.25, 0.3) is 5.91 Å². The first-order valence-corrected chi connectivity index (χ1v) is 10.4. The number of carbonyl (C=O) groups is 1. The summed E-state index contributed by atoms with van der Waals surface area (Å²) >= 11 is 0. The Kier molecular flexibility index (Phi) is 5.28. The van der Waals surface area contributed by atoms with Crippen LogP contribution < -0.4 is 4.74 Å². The number of rotatable bonds is 5. The number of azo groups is 1. The Balaban J connectivity index is 1.30. The Bertz CT molecular complexity index is 1500. The molecule has 0 fully saturated rings. The Morgan fingerprint density at radius 3 is 2.64 bits per heavy atom. The summed E-state index contributed by atoms with van der Waals surface area (Å²) in [6.45, 7) is 0.343. The van der Waals surface area contributed by atoms with Crippen LogP contribution in [-0.4, -0.2) is 20.6 Å². The number of nitrogens with zero attached hydrogens (tertiary/aromatic N) is 4. The molecule has 5 rings (SSSR count).